The molecule has 0 aliphatic carbocycles. The van der Waals surface area contributed by atoms with Crippen LogP contribution in [0.4, 0.5) is 0 Å². The van der Waals surface area contributed by atoms with Gasteiger partial charge in [-0.3, -0.25) is 9.89 Å². The Bertz CT molecular complexity index is 1230. The molecular weight excluding hydrogens is 332 g/mol. The Kier molecular flexibility index (Phi) is 3.56. The Hall–Kier alpha value is -3.43. The Balaban J connectivity index is 2.19. The maximum absolute atomic E-state index is 12.7. The van der Waals surface area contributed by atoms with Crippen LogP contribution < -0.4 is 5.56 Å². The molecule has 0 spiro atoms. The van der Waals surface area contributed by atoms with E-state index < -0.39 is 0 Å². The second-order valence-electron chi connectivity index (χ2n) is 5.52. The van der Waals surface area contributed by atoms with Gasteiger partial charge in [0.1, 0.15) is 16.4 Å². The second-order valence-corrected chi connectivity index (χ2v) is 5.93. The van der Waals surface area contributed by atoms with Gasteiger partial charge in [-0.1, -0.05) is 60.7 Å². The molecule has 0 amide bonds. The molecule has 4 rings (SSSR count). The molecule has 2 aromatic heterocycles. The fourth-order valence-corrected chi connectivity index (χ4v) is 3.21. The number of hydrogen-bond acceptors (Lipinski definition) is 3. The monoisotopic (exact) mass is 344 g/mol. The number of nitrogens with one attached hydrogen (secondary N) is 2. The number of nitriles is 1. The maximum atomic E-state index is 12.7. The molecule has 25 heavy (non-hydrogen) atoms. The highest BCUT2D eigenvalue weighted by Gasteiger charge is 2.19. The predicted octanol–water partition coefficient (Wildman–Crippen LogP) is 3.92. The fourth-order valence-electron chi connectivity index (χ4n) is 2.96. The fraction of sp³-hybridized carbons (Fsp3) is 0. The average Bonchev–Trinajstić information content (AvgIpc) is 2.98. The number of pyridine rings is 1. The molecule has 0 unspecified atom stereocenters. The average molecular weight is 344 g/mol. The summed E-state index contributed by atoms with van der Waals surface area (Å²) in [4.78, 5) is 15.7. The van der Waals surface area contributed by atoms with E-state index in [4.69, 9.17) is 12.2 Å². The zero-order valence-electron chi connectivity index (χ0n) is 13.0. The summed E-state index contributed by atoms with van der Waals surface area (Å²) in [7, 11) is 0. The van der Waals surface area contributed by atoms with E-state index in [9.17, 15) is 10.1 Å². The van der Waals surface area contributed by atoms with Crippen LogP contribution in [0.5, 0.6) is 0 Å². The minimum atomic E-state index is -0.277. The first kappa shape index (κ1) is 15.1. The van der Waals surface area contributed by atoms with Crippen LogP contribution in [0, 0.1) is 16.0 Å². The number of fused-ring (bicyclic) bond motifs is 1. The molecule has 2 heterocycles. The third-order valence-electron chi connectivity index (χ3n) is 4.05. The lowest BCUT2D eigenvalue weighted by molar-refractivity contribution is 0.878. The quantitative estimate of drug-likeness (QED) is 0.541. The molecule has 0 radical (unpaired) electrons. The summed E-state index contributed by atoms with van der Waals surface area (Å²) in [6, 6.07) is 20.9. The molecule has 2 aromatic carbocycles. The highest BCUT2D eigenvalue weighted by molar-refractivity contribution is 7.71. The highest BCUT2D eigenvalue weighted by atomic mass is 32.1. The van der Waals surface area contributed by atoms with E-state index in [1.54, 1.807) is 4.68 Å². The minimum Gasteiger partial charge on any atom is -0.329 e. The third kappa shape index (κ3) is 2.38. The molecule has 0 fully saturated rings. The Labute approximate surface area is 147 Å². The van der Waals surface area contributed by atoms with Crippen molar-refractivity contribution in [2.45, 2.75) is 0 Å². The molecular formula is C19H12N4OS. The standard InChI is InChI=1S/C19H12N4OS/c20-11-14-15(12-7-3-1-4-8-12)16-17(21-19(14)25)23(22-18(16)24)13-9-5-2-6-10-13/h1-10H,(H,21,25)(H,22,24). The third-order valence-corrected chi connectivity index (χ3v) is 4.35. The summed E-state index contributed by atoms with van der Waals surface area (Å²) < 4.78 is 1.96. The molecule has 0 saturated carbocycles. The lowest BCUT2D eigenvalue weighted by Gasteiger charge is -2.08. The molecule has 0 aliphatic rings. The number of aromatic amines is 2. The van der Waals surface area contributed by atoms with E-state index in [2.05, 4.69) is 16.2 Å². The molecule has 4 aromatic rings. The van der Waals surface area contributed by atoms with E-state index in [1.807, 2.05) is 60.7 Å². The highest BCUT2D eigenvalue weighted by Crippen LogP contribution is 2.30. The summed E-state index contributed by atoms with van der Waals surface area (Å²) in [6.45, 7) is 0. The van der Waals surface area contributed by atoms with Gasteiger partial charge in [0.25, 0.3) is 5.56 Å². The molecule has 2 N–H and O–H groups in total. The van der Waals surface area contributed by atoms with Gasteiger partial charge in [0.15, 0.2) is 0 Å². The zero-order chi connectivity index (χ0) is 17.4. The van der Waals surface area contributed by atoms with Gasteiger partial charge in [0, 0.05) is 5.56 Å². The number of aromatic nitrogens is 3. The predicted molar refractivity (Wildman–Crippen MR) is 99.2 cm³/mol. The van der Waals surface area contributed by atoms with Gasteiger partial charge in [-0.15, -0.1) is 0 Å². The smallest absolute Gasteiger partial charge is 0.274 e. The van der Waals surface area contributed by atoms with Crippen LogP contribution in [0.2, 0.25) is 0 Å². The van der Waals surface area contributed by atoms with Gasteiger partial charge >= 0.3 is 0 Å². The van der Waals surface area contributed by atoms with Gasteiger partial charge in [0.2, 0.25) is 0 Å². The van der Waals surface area contributed by atoms with Crippen LogP contribution in [0.3, 0.4) is 0 Å². The summed E-state index contributed by atoms with van der Waals surface area (Å²) in [5.41, 5.74) is 2.69. The van der Waals surface area contributed by atoms with Crippen LogP contribution in [0.1, 0.15) is 5.56 Å². The van der Waals surface area contributed by atoms with Crippen LogP contribution in [-0.2, 0) is 0 Å². The maximum Gasteiger partial charge on any atom is 0.274 e. The van der Waals surface area contributed by atoms with E-state index >= 15 is 0 Å². The molecule has 5 nitrogen and oxygen atoms in total. The summed E-state index contributed by atoms with van der Waals surface area (Å²) in [5.74, 6) is 0. The lowest BCUT2D eigenvalue weighted by atomic mass is 9.99. The number of H-pyrrole nitrogens is 2. The van der Waals surface area contributed by atoms with Gasteiger partial charge in [-0.2, -0.15) is 5.26 Å². The molecule has 6 heteroatoms. The van der Waals surface area contributed by atoms with E-state index in [0.717, 1.165) is 11.3 Å². The van der Waals surface area contributed by atoms with Crippen molar-refractivity contribution in [3.63, 3.8) is 0 Å². The van der Waals surface area contributed by atoms with Crippen LogP contribution in [-0.4, -0.2) is 14.8 Å². The molecule has 120 valence electrons. The minimum absolute atomic E-state index is 0.277. The Morgan fingerprint density at radius 3 is 2.28 bits per heavy atom. The first-order valence-corrected chi connectivity index (χ1v) is 8.03. The van der Waals surface area contributed by atoms with Gasteiger partial charge in [-0.05, 0) is 17.7 Å². The van der Waals surface area contributed by atoms with Gasteiger partial charge in [-0.25, -0.2) is 4.68 Å². The summed E-state index contributed by atoms with van der Waals surface area (Å²) in [5, 5.41) is 12.8. The Morgan fingerprint density at radius 2 is 1.64 bits per heavy atom. The first-order valence-electron chi connectivity index (χ1n) is 7.62. The first-order chi connectivity index (χ1) is 12.2. The van der Waals surface area contributed by atoms with Gasteiger partial charge < -0.3 is 4.98 Å². The van der Waals surface area contributed by atoms with Crippen molar-refractivity contribution in [2.24, 2.45) is 0 Å². The van der Waals surface area contributed by atoms with Crippen molar-refractivity contribution in [1.82, 2.24) is 14.8 Å². The van der Waals surface area contributed by atoms with Crippen molar-refractivity contribution in [3.05, 3.63) is 81.2 Å². The summed E-state index contributed by atoms with van der Waals surface area (Å²) in [6.07, 6.45) is 0. The van der Waals surface area contributed by atoms with Crippen LogP contribution in [0.25, 0.3) is 27.8 Å². The van der Waals surface area contributed by atoms with Crippen LogP contribution >= 0.6 is 12.2 Å². The molecule has 0 atom stereocenters. The topological polar surface area (TPSA) is 77.4 Å². The van der Waals surface area contributed by atoms with Crippen molar-refractivity contribution >= 4 is 23.3 Å². The normalized spacial score (nSPS) is 10.7. The largest absolute Gasteiger partial charge is 0.329 e. The molecule has 0 bridgehead atoms. The zero-order valence-corrected chi connectivity index (χ0v) is 13.8. The number of nitrogens with zero attached hydrogens (tertiary/aromatic N) is 2. The number of para-hydroxylation sites is 1. The summed E-state index contributed by atoms with van der Waals surface area (Å²) >= 11 is 5.38. The Morgan fingerprint density at radius 1 is 1.00 bits per heavy atom. The van der Waals surface area contributed by atoms with E-state index in [1.165, 1.54) is 0 Å². The number of rotatable bonds is 2. The second kappa shape index (κ2) is 5.89. The SMILES string of the molecule is N#Cc1c(-c2ccccc2)c2c(=O)[nH]n(-c3ccccc3)c2[nH]c1=S. The van der Waals surface area contributed by atoms with Crippen LogP contribution in [0.15, 0.2) is 65.5 Å². The van der Waals surface area contributed by atoms with Crippen molar-refractivity contribution in [3.8, 4) is 22.9 Å². The van der Waals surface area contributed by atoms with Gasteiger partial charge in [0.05, 0.1) is 16.6 Å². The van der Waals surface area contributed by atoms with Crippen molar-refractivity contribution < 1.29 is 0 Å². The molecule has 0 saturated heterocycles. The lowest BCUT2D eigenvalue weighted by Crippen LogP contribution is -2.04. The number of hydrogen-bond donors (Lipinski definition) is 2. The van der Waals surface area contributed by atoms with E-state index in [0.29, 0.717) is 26.8 Å². The number of benzene rings is 2. The van der Waals surface area contributed by atoms with E-state index in [-0.39, 0.29) is 5.56 Å². The van der Waals surface area contributed by atoms with Crippen molar-refractivity contribution in [1.29, 1.82) is 5.26 Å². The van der Waals surface area contributed by atoms with Crippen molar-refractivity contribution in [2.75, 3.05) is 0 Å². The molecule has 0 aliphatic heterocycles.